The lowest BCUT2D eigenvalue weighted by atomic mass is 10.1. The average Bonchev–Trinajstić information content (AvgIpc) is 2.95. The molecule has 0 heterocycles. The molecular weight excluding hydrogens is 529 g/mol. The largest absolute Gasteiger partial charge is 0.354 e. The lowest BCUT2D eigenvalue weighted by Gasteiger charge is -2.33. The Kier molecular flexibility index (Phi) is 10.8. The summed E-state index contributed by atoms with van der Waals surface area (Å²) in [5.41, 5.74) is 2.70. The summed E-state index contributed by atoms with van der Waals surface area (Å²) in [6, 6.07) is 18.4. The summed E-state index contributed by atoms with van der Waals surface area (Å²) in [5, 5.41) is 2.85. The Balaban J connectivity index is 2.08. The van der Waals surface area contributed by atoms with Gasteiger partial charge in [0.2, 0.25) is 11.8 Å². The third-order valence-corrected chi connectivity index (χ3v) is 8.50. The molecule has 7 nitrogen and oxygen atoms in total. The number of aryl methyl sites for hydroxylation is 2. The van der Waals surface area contributed by atoms with Crippen LogP contribution < -0.4 is 9.62 Å². The normalized spacial score (nSPS) is 12.0. The lowest BCUT2D eigenvalue weighted by Crippen LogP contribution is -2.52. The molecule has 9 heteroatoms. The summed E-state index contributed by atoms with van der Waals surface area (Å²) >= 11 is 0. The molecule has 1 unspecified atom stereocenters. The highest BCUT2D eigenvalue weighted by molar-refractivity contribution is 7.92. The Morgan fingerprint density at radius 3 is 2.17 bits per heavy atom. The highest BCUT2D eigenvalue weighted by Crippen LogP contribution is 2.28. The van der Waals surface area contributed by atoms with E-state index >= 15 is 0 Å². The average molecular weight is 568 g/mol. The summed E-state index contributed by atoms with van der Waals surface area (Å²) < 4.78 is 42.8. The first-order chi connectivity index (χ1) is 19.1. The fourth-order valence-corrected chi connectivity index (χ4v) is 5.93. The summed E-state index contributed by atoms with van der Waals surface area (Å²) in [4.78, 5) is 28.7. The number of anilines is 1. The maximum Gasteiger partial charge on any atom is 0.264 e. The van der Waals surface area contributed by atoms with Crippen LogP contribution in [0.25, 0.3) is 0 Å². The molecule has 0 aromatic heterocycles. The Morgan fingerprint density at radius 1 is 0.925 bits per heavy atom. The summed E-state index contributed by atoms with van der Waals surface area (Å²) in [7, 11) is -4.14. The summed E-state index contributed by atoms with van der Waals surface area (Å²) in [5.74, 6) is -1.27. The van der Waals surface area contributed by atoms with Gasteiger partial charge in [-0.3, -0.25) is 13.9 Å². The van der Waals surface area contributed by atoms with E-state index in [0.717, 1.165) is 21.9 Å². The van der Waals surface area contributed by atoms with E-state index in [4.69, 9.17) is 0 Å². The first-order valence-electron chi connectivity index (χ1n) is 13.6. The quantitative estimate of drug-likeness (QED) is 0.307. The van der Waals surface area contributed by atoms with Crippen LogP contribution >= 0.6 is 0 Å². The zero-order valence-corrected chi connectivity index (χ0v) is 24.4. The van der Waals surface area contributed by atoms with Crippen LogP contribution in [0, 0.1) is 12.7 Å². The van der Waals surface area contributed by atoms with Crippen LogP contribution in [-0.2, 0) is 32.6 Å². The molecule has 2 amide bonds. The van der Waals surface area contributed by atoms with Crippen molar-refractivity contribution in [2.45, 2.75) is 64.4 Å². The van der Waals surface area contributed by atoms with Gasteiger partial charge < -0.3 is 10.2 Å². The van der Waals surface area contributed by atoms with Crippen molar-refractivity contribution in [2.75, 3.05) is 17.4 Å². The van der Waals surface area contributed by atoms with Crippen LogP contribution in [0.4, 0.5) is 10.1 Å². The van der Waals surface area contributed by atoms with Crippen LogP contribution in [0.2, 0.25) is 0 Å². The molecule has 0 aliphatic rings. The number of halogens is 1. The fourth-order valence-electron chi connectivity index (χ4n) is 4.48. The molecule has 3 aromatic rings. The Hall–Kier alpha value is -3.72. The second-order valence-corrected chi connectivity index (χ2v) is 11.5. The van der Waals surface area contributed by atoms with E-state index in [1.54, 1.807) is 43.3 Å². The van der Waals surface area contributed by atoms with Crippen molar-refractivity contribution in [3.8, 4) is 0 Å². The molecule has 0 fully saturated rings. The number of benzene rings is 3. The van der Waals surface area contributed by atoms with Gasteiger partial charge in [0.15, 0.2) is 0 Å². The number of nitrogens with one attached hydrogen (secondary N) is 1. The van der Waals surface area contributed by atoms with Crippen molar-refractivity contribution >= 4 is 27.5 Å². The second-order valence-electron chi connectivity index (χ2n) is 9.67. The molecule has 0 saturated carbocycles. The van der Waals surface area contributed by atoms with E-state index in [1.807, 2.05) is 32.9 Å². The van der Waals surface area contributed by atoms with Crippen molar-refractivity contribution in [3.05, 3.63) is 95.3 Å². The van der Waals surface area contributed by atoms with Gasteiger partial charge in [0.05, 0.1) is 10.6 Å². The molecule has 3 aromatic carbocycles. The molecule has 0 saturated heterocycles. The van der Waals surface area contributed by atoms with E-state index in [0.29, 0.717) is 30.6 Å². The molecule has 214 valence electrons. The number of rotatable bonds is 13. The molecule has 1 atom stereocenters. The predicted molar refractivity (Wildman–Crippen MR) is 156 cm³/mol. The maximum absolute atomic E-state index is 14.1. The molecule has 0 spiro atoms. The van der Waals surface area contributed by atoms with E-state index in [1.165, 1.54) is 29.2 Å². The zero-order valence-electron chi connectivity index (χ0n) is 23.6. The van der Waals surface area contributed by atoms with Crippen LogP contribution in [0.1, 0.15) is 50.3 Å². The van der Waals surface area contributed by atoms with Crippen molar-refractivity contribution < 1.29 is 22.4 Å². The van der Waals surface area contributed by atoms with Gasteiger partial charge in [0.25, 0.3) is 10.0 Å². The van der Waals surface area contributed by atoms with Crippen LogP contribution in [0.3, 0.4) is 0 Å². The number of sulfonamides is 1. The van der Waals surface area contributed by atoms with Gasteiger partial charge in [-0.05, 0) is 67.6 Å². The predicted octanol–water partition coefficient (Wildman–Crippen LogP) is 5.23. The lowest BCUT2D eigenvalue weighted by molar-refractivity contribution is -0.140. The Labute approximate surface area is 237 Å². The van der Waals surface area contributed by atoms with Gasteiger partial charge in [-0.15, -0.1) is 0 Å². The fraction of sp³-hybridized carbons (Fsp3) is 0.355. The molecule has 1 N–H and O–H groups in total. The topological polar surface area (TPSA) is 86.8 Å². The van der Waals surface area contributed by atoms with Gasteiger partial charge in [-0.2, -0.15) is 0 Å². The molecular formula is C31H38FN3O4S. The minimum Gasteiger partial charge on any atom is -0.354 e. The minimum atomic E-state index is -4.14. The van der Waals surface area contributed by atoms with Crippen molar-refractivity contribution in [1.29, 1.82) is 0 Å². The standard InChI is InChI=1S/C31H38FN3O4S/c1-5-20-33-31(37)28(7-3)34(21-24-14-16-26(32)17-15-24)30(36)22-35(29-11-9-8-10-25(29)6-2)40(38,39)27-18-12-23(4)13-19-27/h8-19,28H,5-7,20-22H2,1-4H3,(H,33,37). The van der Waals surface area contributed by atoms with E-state index < -0.39 is 34.3 Å². The Morgan fingerprint density at radius 2 is 1.57 bits per heavy atom. The monoisotopic (exact) mass is 567 g/mol. The minimum absolute atomic E-state index is 0.0189. The number of nitrogens with zero attached hydrogens (tertiary/aromatic N) is 2. The van der Waals surface area contributed by atoms with E-state index in [2.05, 4.69) is 5.32 Å². The first-order valence-corrected chi connectivity index (χ1v) is 15.0. The number of hydrogen-bond acceptors (Lipinski definition) is 4. The first kappa shape index (κ1) is 30.8. The third kappa shape index (κ3) is 7.47. The molecule has 0 radical (unpaired) electrons. The molecule has 40 heavy (non-hydrogen) atoms. The smallest absolute Gasteiger partial charge is 0.264 e. The van der Waals surface area contributed by atoms with Crippen molar-refractivity contribution in [2.24, 2.45) is 0 Å². The van der Waals surface area contributed by atoms with Gasteiger partial charge in [0, 0.05) is 13.1 Å². The third-order valence-electron chi connectivity index (χ3n) is 6.73. The number of carbonyl (C=O) groups is 2. The van der Waals surface area contributed by atoms with Gasteiger partial charge in [-0.25, -0.2) is 12.8 Å². The number of hydrogen-bond donors (Lipinski definition) is 1. The van der Waals surface area contributed by atoms with Crippen molar-refractivity contribution in [3.63, 3.8) is 0 Å². The molecule has 3 rings (SSSR count). The SMILES string of the molecule is CCCNC(=O)C(CC)N(Cc1ccc(F)cc1)C(=O)CN(c1ccccc1CC)S(=O)(=O)c1ccc(C)cc1. The summed E-state index contributed by atoms with van der Waals surface area (Å²) in [6.07, 6.45) is 1.60. The van der Waals surface area contributed by atoms with E-state index in [9.17, 15) is 22.4 Å². The molecule has 0 bridgehead atoms. The van der Waals surface area contributed by atoms with Crippen LogP contribution in [0.15, 0.2) is 77.7 Å². The second kappa shape index (κ2) is 14.1. The number of carbonyl (C=O) groups excluding carboxylic acids is 2. The number of amides is 2. The van der Waals surface area contributed by atoms with Crippen LogP contribution in [-0.4, -0.2) is 44.3 Å². The maximum atomic E-state index is 14.1. The summed E-state index contributed by atoms with van der Waals surface area (Å²) in [6.45, 7) is 7.48. The van der Waals surface area contributed by atoms with E-state index in [-0.39, 0.29) is 17.3 Å². The van der Waals surface area contributed by atoms with Gasteiger partial charge in [-0.1, -0.05) is 68.8 Å². The van der Waals surface area contributed by atoms with Crippen molar-refractivity contribution in [1.82, 2.24) is 10.2 Å². The Bertz CT molecular complexity index is 1390. The van der Waals surface area contributed by atoms with Gasteiger partial charge in [0.1, 0.15) is 18.4 Å². The highest BCUT2D eigenvalue weighted by atomic mass is 32.2. The number of para-hydroxylation sites is 1. The van der Waals surface area contributed by atoms with Gasteiger partial charge >= 0.3 is 0 Å². The zero-order chi connectivity index (χ0) is 29.3. The molecule has 0 aliphatic heterocycles. The molecule has 0 aliphatic carbocycles. The van der Waals surface area contributed by atoms with Crippen LogP contribution in [0.5, 0.6) is 0 Å². The highest BCUT2D eigenvalue weighted by Gasteiger charge is 2.34.